The highest BCUT2D eigenvalue weighted by atomic mass is 15.2. The van der Waals surface area contributed by atoms with Crippen LogP contribution in [0.15, 0.2) is 0 Å². The summed E-state index contributed by atoms with van der Waals surface area (Å²) in [5, 5.41) is 3.42. The maximum atomic E-state index is 3.42. The average Bonchev–Trinajstić information content (AvgIpc) is 2.39. The first-order valence-corrected chi connectivity index (χ1v) is 7.86. The molecule has 2 atom stereocenters. The van der Waals surface area contributed by atoms with Crippen molar-refractivity contribution in [1.82, 2.24) is 10.2 Å². The van der Waals surface area contributed by atoms with Crippen molar-refractivity contribution in [2.75, 3.05) is 26.2 Å². The molecule has 0 spiro atoms. The Hall–Kier alpha value is -0.0800. The molecule has 0 aromatic rings. The molecule has 0 aromatic carbocycles. The van der Waals surface area contributed by atoms with E-state index < -0.39 is 0 Å². The van der Waals surface area contributed by atoms with Crippen molar-refractivity contribution in [3.63, 3.8) is 0 Å². The van der Waals surface area contributed by atoms with E-state index in [4.69, 9.17) is 0 Å². The first kappa shape index (κ1) is 13.4. The molecule has 1 aliphatic carbocycles. The van der Waals surface area contributed by atoms with E-state index in [0.29, 0.717) is 0 Å². The molecule has 1 saturated carbocycles. The Bertz CT molecular complexity index is 203. The Balaban J connectivity index is 1.67. The lowest BCUT2D eigenvalue weighted by Crippen LogP contribution is -2.47. The van der Waals surface area contributed by atoms with Crippen molar-refractivity contribution >= 4 is 0 Å². The zero-order chi connectivity index (χ0) is 11.9. The van der Waals surface area contributed by atoms with Crippen LogP contribution in [0, 0.1) is 5.92 Å². The quantitative estimate of drug-likeness (QED) is 0.716. The molecule has 0 amide bonds. The standard InChI is InChI=1S/C15H30N2/c1-2-16-11-5-6-12-17-13-7-9-14-8-3-4-10-15(14)17/h14-16H,2-13H2,1H3. The van der Waals surface area contributed by atoms with Crippen LogP contribution in [0.25, 0.3) is 0 Å². The van der Waals surface area contributed by atoms with Gasteiger partial charge in [0.05, 0.1) is 0 Å². The van der Waals surface area contributed by atoms with Gasteiger partial charge in [-0.1, -0.05) is 19.8 Å². The Labute approximate surface area is 107 Å². The summed E-state index contributed by atoms with van der Waals surface area (Å²) in [6.45, 7) is 7.25. The molecule has 2 rings (SSSR count). The highest BCUT2D eigenvalue weighted by molar-refractivity contribution is 4.87. The number of piperidine rings is 1. The highest BCUT2D eigenvalue weighted by Crippen LogP contribution is 2.35. The van der Waals surface area contributed by atoms with Crippen molar-refractivity contribution < 1.29 is 0 Å². The average molecular weight is 238 g/mol. The fraction of sp³-hybridized carbons (Fsp3) is 1.00. The van der Waals surface area contributed by atoms with E-state index in [1.54, 1.807) is 0 Å². The van der Waals surface area contributed by atoms with Gasteiger partial charge in [0.2, 0.25) is 0 Å². The topological polar surface area (TPSA) is 15.3 Å². The lowest BCUT2D eigenvalue weighted by atomic mass is 9.78. The summed E-state index contributed by atoms with van der Waals surface area (Å²) >= 11 is 0. The number of unbranched alkanes of at least 4 members (excludes halogenated alkanes) is 1. The van der Waals surface area contributed by atoms with E-state index in [1.165, 1.54) is 71.0 Å². The number of hydrogen-bond acceptors (Lipinski definition) is 2. The molecule has 1 heterocycles. The van der Waals surface area contributed by atoms with Crippen LogP contribution in [-0.2, 0) is 0 Å². The minimum Gasteiger partial charge on any atom is -0.317 e. The molecule has 1 N–H and O–H groups in total. The lowest BCUT2D eigenvalue weighted by molar-refractivity contribution is 0.0597. The van der Waals surface area contributed by atoms with Gasteiger partial charge in [-0.2, -0.15) is 0 Å². The van der Waals surface area contributed by atoms with E-state index in [1.807, 2.05) is 0 Å². The molecule has 2 aliphatic rings. The molecule has 2 fully saturated rings. The van der Waals surface area contributed by atoms with Crippen LogP contribution in [0.1, 0.15) is 58.3 Å². The van der Waals surface area contributed by atoms with Gasteiger partial charge in [0.25, 0.3) is 0 Å². The molecular weight excluding hydrogens is 208 g/mol. The zero-order valence-electron chi connectivity index (χ0n) is 11.6. The first-order chi connectivity index (χ1) is 8.42. The molecule has 2 nitrogen and oxygen atoms in total. The van der Waals surface area contributed by atoms with Gasteiger partial charge in [-0.05, 0) is 70.6 Å². The van der Waals surface area contributed by atoms with Gasteiger partial charge in [-0.15, -0.1) is 0 Å². The minimum absolute atomic E-state index is 0.955. The van der Waals surface area contributed by atoms with Crippen molar-refractivity contribution in [1.29, 1.82) is 0 Å². The van der Waals surface area contributed by atoms with Crippen LogP contribution in [0.5, 0.6) is 0 Å². The van der Waals surface area contributed by atoms with E-state index in [9.17, 15) is 0 Å². The first-order valence-electron chi connectivity index (χ1n) is 7.86. The van der Waals surface area contributed by atoms with Gasteiger partial charge in [0, 0.05) is 6.04 Å². The minimum atomic E-state index is 0.955. The number of rotatable bonds is 6. The van der Waals surface area contributed by atoms with Crippen LogP contribution < -0.4 is 5.32 Å². The summed E-state index contributed by atoms with van der Waals surface area (Å²) in [7, 11) is 0. The van der Waals surface area contributed by atoms with Crippen LogP contribution in [0.4, 0.5) is 0 Å². The van der Waals surface area contributed by atoms with Crippen molar-refractivity contribution in [3.8, 4) is 0 Å². The molecular formula is C15H30N2. The zero-order valence-corrected chi connectivity index (χ0v) is 11.6. The highest BCUT2D eigenvalue weighted by Gasteiger charge is 2.32. The van der Waals surface area contributed by atoms with Gasteiger partial charge >= 0.3 is 0 Å². The van der Waals surface area contributed by atoms with E-state index in [2.05, 4.69) is 17.1 Å². The number of nitrogens with one attached hydrogen (secondary N) is 1. The van der Waals surface area contributed by atoms with E-state index >= 15 is 0 Å². The largest absolute Gasteiger partial charge is 0.317 e. The van der Waals surface area contributed by atoms with E-state index in [-0.39, 0.29) is 0 Å². The fourth-order valence-electron chi connectivity index (χ4n) is 3.75. The monoisotopic (exact) mass is 238 g/mol. The smallest absolute Gasteiger partial charge is 0.0123 e. The van der Waals surface area contributed by atoms with Gasteiger partial charge < -0.3 is 10.2 Å². The van der Waals surface area contributed by atoms with Gasteiger partial charge in [0.15, 0.2) is 0 Å². The normalized spacial score (nSPS) is 30.2. The second kappa shape index (κ2) is 7.38. The van der Waals surface area contributed by atoms with Gasteiger partial charge in [-0.3, -0.25) is 0 Å². The van der Waals surface area contributed by atoms with Gasteiger partial charge in [0.1, 0.15) is 0 Å². The Morgan fingerprint density at radius 2 is 1.88 bits per heavy atom. The van der Waals surface area contributed by atoms with Crippen molar-refractivity contribution in [2.24, 2.45) is 5.92 Å². The maximum absolute atomic E-state index is 3.42. The summed E-state index contributed by atoms with van der Waals surface area (Å²) in [6, 6.07) is 0.955. The van der Waals surface area contributed by atoms with Crippen LogP contribution in [0.3, 0.4) is 0 Å². The summed E-state index contributed by atoms with van der Waals surface area (Å²) < 4.78 is 0. The number of fused-ring (bicyclic) bond motifs is 1. The molecule has 0 aromatic heterocycles. The Kier molecular flexibility index (Phi) is 5.79. The molecule has 2 unspecified atom stereocenters. The van der Waals surface area contributed by atoms with Crippen molar-refractivity contribution in [2.45, 2.75) is 64.3 Å². The molecule has 17 heavy (non-hydrogen) atoms. The molecule has 1 saturated heterocycles. The number of hydrogen-bond donors (Lipinski definition) is 1. The molecule has 0 bridgehead atoms. The third-order valence-corrected chi connectivity index (χ3v) is 4.66. The molecule has 2 heteroatoms. The van der Waals surface area contributed by atoms with Crippen LogP contribution in [-0.4, -0.2) is 37.1 Å². The molecule has 100 valence electrons. The summed E-state index contributed by atoms with van der Waals surface area (Å²) in [5.41, 5.74) is 0. The van der Waals surface area contributed by atoms with Crippen LogP contribution >= 0.6 is 0 Å². The summed E-state index contributed by atoms with van der Waals surface area (Å²) in [5.74, 6) is 1.05. The number of nitrogens with zero attached hydrogens (tertiary/aromatic N) is 1. The Morgan fingerprint density at radius 1 is 1.06 bits per heavy atom. The second-order valence-electron chi connectivity index (χ2n) is 5.85. The fourth-order valence-corrected chi connectivity index (χ4v) is 3.75. The summed E-state index contributed by atoms with van der Waals surface area (Å²) in [4.78, 5) is 2.82. The number of likely N-dealkylation sites (tertiary alicyclic amines) is 1. The van der Waals surface area contributed by atoms with Gasteiger partial charge in [-0.25, -0.2) is 0 Å². The Morgan fingerprint density at radius 3 is 2.76 bits per heavy atom. The third-order valence-electron chi connectivity index (χ3n) is 4.66. The third kappa shape index (κ3) is 3.96. The molecule has 0 radical (unpaired) electrons. The predicted molar refractivity (Wildman–Crippen MR) is 74.3 cm³/mol. The second-order valence-corrected chi connectivity index (χ2v) is 5.85. The SMILES string of the molecule is CCNCCCCN1CCCC2CCCCC21. The van der Waals surface area contributed by atoms with E-state index in [0.717, 1.165) is 18.5 Å². The maximum Gasteiger partial charge on any atom is 0.0123 e. The lowest BCUT2D eigenvalue weighted by Gasteiger charge is -2.44. The summed E-state index contributed by atoms with van der Waals surface area (Å²) in [6.07, 6.45) is 11.7. The molecule has 1 aliphatic heterocycles. The van der Waals surface area contributed by atoms with Crippen LogP contribution in [0.2, 0.25) is 0 Å². The van der Waals surface area contributed by atoms with Crippen molar-refractivity contribution in [3.05, 3.63) is 0 Å². The predicted octanol–water partition coefficient (Wildman–Crippen LogP) is 3.03.